The Labute approximate surface area is 99.1 Å². The molecular formula is C11H14BFO4. The minimum Gasteiger partial charge on any atom is -0.494 e. The molecule has 1 saturated heterocycles. The Morgan fingerprint density at radius 2 is 2.29 bits per heavy atom. The van der Waals surface area contributed by atoms with Crippen molar-refractivity contribution in [1.29, 1.82) is 0 Å². The Balaban J connectivity index is 2.03. The Morgan fingerprint density at radius 1 is 1.47 bits per heavy atom. The molecule has 0 saturated carbocycles. The molecule has 4 nitrogen and oxygen atoms in total. The van der Waals surface area contributed by atoms with Gasteiger partial charge >= 0.3 is 7.12 Å². The summed E-state index contributed by atoms with van der Waals surface area (Å²) in [6.45, 7) is 1.82. The molecule has 2 N–H and O–H groups in total. The molecule has 1 atom stereocenters. The number of hydrogen-bond acceptors (Lipinski definition) is 4. The second-order valence-electron chi connectivity index (χ2n) is 4.10. The SMILES string of the molecule is OB(O)c1cc(F)ccc1OCC1CCOC1. The molecule has 1 aromatic carbocycles. The molecular weight excluding hydrogens is 226 g/mol. The smallest absolute Gasteiger partial charge is 0.492 e. The fourth-order valence-electron chi connectivity index (χ4n) is 1.77. The molecule has 0 aromatic heterocycles. The van der Waals surface area contributed by atoms with Crippen molar-refractivity contribution in [1.82, 2.24) is 0 Å². The molecule has 17 heavy (non-hydrogen) atoms. The molecule has 0 aliphatic carbocycles. The van der Waals surface area contributed by atoms with Crippen molar-refractivity contribution in [3.63, 3.8) is 0 Å². The summed E-state index contributed by atoms with van der Waals surface area (Å²) >= 11 is 0. The van der Waals surface area contributed by atoms with Crippen LogP contribution in [0.25, 0.3) is 0 Å². The number of rotatable bonds is 4. The first-order valence-electron chi connectivity index (χ1n) is 5.53. The van der Waals surface area contributed by atoms with Crippen molar-refractivity contribution in [2.75, 3.05) is 19.8 Å². The van der Waals surface area contributed by atoms with Crippen LogP contribution in [0.2, 0.25) is 0 Å². The summed E-state index contributed by atoms with van der Waals surface area (Å²) in [4.78, 5) is 0. The Hall–Kier alpha value is -1.11. The Morgan fingerprint density at radius 3 is 2.94 bits per heavy atom. The van der Waals surface area contributed by atoms with Gasteiger partial charge in [0.2, 0.25) is 0 Å². The highest BCUT2D eigenvalue weighted by Gasteiger charge is 2.21. The molecule has 0 spiro atoms. The average molecular weight is 240 g/mol. The van der Waals surface area contributed by atoms with E-state index in [4.69, 9.17) is 19.5 Å². The monoisotopic (exact) mass is 240 g/mol. The molecule has 1 aromatic rings. The van der Waals surface area contributed by atoms with Crippen LogP contribution in [0.4, 0.5) is 4.39 Å². The summed E-state index contributed by atoms with van der Waals surface area (Å²) < 4.78 is 23.6. The zero-order chi connectivity index (χ0) is 12.3. The summed E-state index contributed by atoms with van der Waals surface area (Å²) in [6.07, 6.45) is 0.929. The number of halogens is 1. The van der Waals surface area contributed by atoms with Crippen LogP contribution in [0, 0.1) is 11.7 Å². The van der Waals surface area contributed by atoms with E-state index >= 15 is 0 Å². The van der Waals surface area contributed by atoms with E-state index in [-0.39, 0.29) is 5.46 Å². The van der Waals surface area contributed by atoms with Crippen molar-refractivity contribution in [2.24, 2.45) is 5.92 Å². The van der Waals surface area contributed by atoms with Gasteiger partial charge in [-0.1, -0.05) is 0 Å². The van der Waals surface area contributed by atoms with Gasteiger partial charge in [0.25, 0.3) is 0 Å². The molecule has 0 bridgehead atoms. The van der Waals surface area contributed by atoms with E-state index < -0.39 is 12.9 Å². The van der Waals surface area contributed by atoms with Crippen LogP contribution >= 0.6 is 0 Å². The van der Waals surface area contributed by atoms with Gasteiger partial charge in [0.15, 0.2) is 0 Å². The quantitative estimate of drug-likeness (QED) is 0.723. The minimum absolute atomic E-state index is 0.0453. The van der Waals surface area contributed by atoms with Crippen molar-refractivity contribution < 1.29 is 23.9 Å². The third kappa shape index (κ3) is 3.18. The second kappa shape index (κ2) is 5.49. The van der Waals surface area contributed by atoms with E-state index in [9.17, 15) is 4.39 Å². The summed E-state index contributed by atoms with van der Waals surface area (Å²) in [5.41, 5.74) is 0.0453. The van der Waals surface area contributed by atoms with Crippen LogP contribution in [0.5, 0.6) is 5.75 Å². The fraction of sp³-hybridized carbons (Fsp3) is 0.455. The summed E-state index contributed by atoms with van der Waals surface area (Å²) in [7, 11) is -1.74. The lowest BCUT2D eigenvalue weighted by Crippen LogP contribution is -2.32. The van der Waals surface area contributed by atoms with E-state index in [1.54, 1.807) is 0 Å². The zero-order valence-electron chi connectivity index (χ0n) is 9.30. The first-order valence-corrected chi connectivity index (χ1v) is 5.53. The number of hydrogen-bond donors (Lipinski definition) is 2. The van der Waals surface area contributed by atoms with Crippen LogP contribution in [0.3, 0.4) is 0 Å². The van der Waals surface area contributed by atoms with Crippen LogP contribution in [-0.2, 0) is 4.74 Å². The molecule has 1 aliphatic heterocycles. The van der Waals surface area contributed by atoms with Crippen molar-refractivity contribution in [2.45, 2.75) is 6.42 Å². The normalized spacial score (nSPS) is 19.4. The fourth-order valence-corrected chi connectivity index (χ4v) is 1.77. The van der Waals surface area contributed by atoms with Gasteiger partial charge in [0.05, 0.1) is 13.2 Å². The maximum Gasteiger partial charge on any atom is 0.492 e. The van der Waals surface area contributed by atoms with Crippen molar-refractivity contribution in [3.8, 4) is 5.75 Å². The van der Waals surface area contributed by atoms with Gasteiger partial charge in [-0.3, -0.25) is 0 Å². The van der Waals surface area contributed by atoms with Gasteiger partial charge in [0, 0.05) is 18.0 Å². The van der Waals surface area contributed by atoms with E-state index in [1.165, 1.54) is 12.1 Å². The number of benzene rings is 1. The molecule has 2 rings (SSSR count). The van der Waals surface area contributed by atoms with Gasteiger partial charge in [-0.25, -0.2) is 4.39 Å². The van der Waals surface area contributed by atoms with Gasteiger partial charge < -0.3 is 19.5 Å². The van der Waals surface area contributed by atoms with E-state index in [1.807, 2.05) is 0 Å². The van der Waals surface area contributed by atoms with Crippen LogP contribution < -0.4 is 10.2 Å². The van der Waals surface area contributed by atoms with Crippen LogP contribution in [0.15, 0.2) is 18.2 Å². The second-order valence-corrected chi connectivity index (χ2v) is 4.10. The highest BCUT2D eigenvalue weighted by atomic mass is 19.1. The highest BCUT2D eigenvalue weighted by molar-refractivity contribution is 6.59. The molecule has 0 amide bonds. The topological polar surface area (TPSA) is 58.9 Å². The van der Waals surface area contributed by atoms with Crippen molar-refractivity contribution >= 4 is 12.6 Å². The lowest BCUT2D eigenvalue weighted by Gasteiger charge is -2.13. The maximum absolute atomic E-state index is 13.0. The summed E-state index contributed by atoms with van der Waals surface area (Å²) in [5, 5.41) is 18.2. The standard InChI is InChI=1S/C11H14BFO4/c13-9-1-2-11(10(5-9)12(14)15)17-7-8-3-4-16-6-8/h1-2,5,8,14-15H,3-4,6-7H2. The third-order valence-electron chi connectivity index (χ3n) is 2.75. The first-order chi connectivity index (χ1) is 8.16. The van der Waals surface area contributed by atoms with E-state index in [0.717, 1.165) is 19.1 Å². The van der Waals surface area contributed by atoms with Crippen LogP contribution in [0.1, 0.15) is 6.42 Å². The first kappa shape index (κ1) is 12.4. The molecule has 0 radical (unpaired) electrons. The largest absolute Gasteiger partial charge is 0.494 e. The molecule has 1 unspecified atom stereocenters. The minimum atomic E-state index is -1.74. The van der Waals surface area contributed by atoms with Crippen LogP contribution in [-0.4, -0.2) is 37.0 Å². The maximum atomic E-state index is 13.0. The molecule has 1 heterocycles. The molecule has 1 aliphatic rings. The zero-order valence-corrected chi connectivity index (χ0v) is 9.30. The highest BCUT2D eigenvalue weighted by Crippen LogP contribution is 2.16. The Bertz CT molecular complexity index is 380. The Kier molecular flexibility index (Phi) is 3.99. The molecule has 92 valence electrons. The van der Waals surface area contributed by atoms with E-state index in [0.29, 0.717) is 24.9 Å². The van der Waals surface area contributed by atoms with Gasteiger partial charge in [-0.15, -0.1) is 0 Å². The van der Waals surface area contributed by atoms with Gasteiger partial charge in [0.1, 0.15) is 11.6 Å². The molecule has 1 fully saturated rings. The average Bonchev–Trinajstić information content (AvgIpc) is 2.80. The lowest BCUT2D eigenvalue weighted by atomic mass is 9.79. The predicted octanol–water partition coefficient (Wildman–Crippen LogP) is -0.0792. The van der Waals surface area contributed by atoms with Crippen molar-refractivity contribution in [3.05, 3.63) is 24.0 Å². The van der Waals surface area contributed by atoms with E-state index in [2.05, 4.69) is 0 Å². The van der Waals surface area contributed by atoms with Gasteiger partial charge in [-0.2, -0.15) is 0 Å². The predicted molar refractivity (Wildman–Crippen MR) is 60.6 cm³/mol. The summed E-state index contributed by atoms with van der Waals surface area (Å²) in [5.74, 6) is 0.0849. The molecule has 6 heteroatoms. The van der Waals surface area contributed by atoms with Gasteiger partial charge in [-0.05, 0) is 24.6 Å². The number of ether oxygens (including phenoxy) is 2. The summed E-state index contributed by atoms with van der Waals surface area (Å²) in [6, 6.07) is 3.69. The third-order valence-corrected chi connectivity index (χ3v) is 2.75. The lowest BCUT2D eigenvalue weighted by molar-refractivity contribution is 0.167.